The SMILES string of the molecule is CC/C=C\C/C=C\C/C=C\C/C=C\C/C=C\CCC(=O)OCC(COC(=O)CCCCCCCCCCCCCCCCCC)OC(=O)CCCCCCCCCCCCCCCCCC. The highest BCUT2D eigenvalue weighted by atomic mass is 16.6. The summed E-state index contributed by atoms with van der Waals surface area (Å²) in [5, 5.41) is 0. The van der Waals surface area contributed by atoms with Crippen molar-refractivity contribution >= 4 is 17.9 Å². The largest absolute Gasteiger partial charge is 0.462 e. The molecule has 0 aliphatic carbocycles. The van der Waals surface area contributed by atoms with Gasteiger partial charge < -0.3 is 14.2 Å². The quantitative estimate of drug-likeness (QED) is 0.0262. The summed E-state index contributed by atoms with van der Waals surface area (Å²) in [6, 6.07) is 0. The number of hydrogen-bond donors (Lipinski definition) is 0. The topological polar surface area (TPSA) is 78.9 Å². The van der Waals surface area contributed by atoms with E-state index < -0.39 is 6.10 Å². The Labute approximate surface area is 409 Å². The first-order valence-corrected chi connectivity index (χ1v) is 28.3. The van der Waals surface area contributed by atoms with Crippen molar-refractivity contribution < 1.29 is 28.6 Å². The normalized spacial score (nSPS) is 12.5. The van der Waals surface area contributed by atoms with Crippen LogP contribution in [0, 0.1) is 0 Å². The second kappa shape index (κ2) is 54.7. The van der Waals surface area contributed by atoms with E-state index in [1.807, 2.05) is 6.08 Å². The van der Waals surface area contributed by atoms with Crippen molar-refractivity contribution in [1.29, 1.82) is 0 Å². The van der Waals surface area contributed by atoms with Crippen molar-refractivity contribution in [1.82, 2.24) is 0 Å². The minimum Gasteiger partial charge on any atom is -0.462 e. The number of rotatable bonds is 51. The molecule has 0 bridgehead atoms. The first-order valence-electron chi connectivity index (χ1n) is 28.3. The van der Waals surface area contributed by atoms with Gasteiger partial charge in [0.1, 0.15) is 13.2 Å². The van der Waals surface area contributed by atoms with Crippen molar-refractivity contribution in [2.75, 3.05) is 13.2 Å². The molecule has 0 radical (unpaired) electrons. The Balaban J connectivity index is 4.44. The molecule has 6 heteroatoms. The number of unbranched alkanes of at least 4 members (excludes halogenated alkanes) is 30. The first-order chi connectivity index (χ1) is 32.5. The van der Waals surface area contributed by atoms with E-state index in [0.717, 1.165) is 70.6 Å². The summed E-state index contributed by atoms with van der Waals surface area (Å²) in [7, 11) is 0. The van der Waals surface area contributed by atoms with E-state index in [1.165, 1.54) is 167 Å². The van der Waals surface area contributed by atoms with Crippen LogP contribution in [0.25, 0.3) is 0 Å². The molecule has 66 heavy (non-hydrogen) atoms. The Bertz CT molecular complexity index is 1200. The van der Waals surface area contributed by atoms with Crippen LogP contribution in [0.4, 0.5) is 0 Å². The standard InChI is InChI=1S/C60H106O6/c1-4-7-10-13-16-19-22-25-28-31-34-37-40-43-46-49-52-58(61)64-55-57(66-60(63)54-51-48-45-42-39-36-33-30-27-24-21-18-15-12-9-6-3)56-65-59(62)53-50-47-44-41-38-35-32-29-26-23-20-17-14-11-8-5-2/h7,10,16,19,25,28,34,37,43,46,57H,4-6,8-9,11-15,17-18,20-24,26-27,29-33,35-36,38-42,44-45,47-56H2,1-3H3/b10-7-,19-16-,28-25-,37-34-,46-43-. The van der Waals surface area contributed by atoms with Crippen LogP contribution in [0.5, 0.6) is 0 Å². The summed E-state index contributed by atoms with van der Waals surface area (Å²) in [6.45, 7) is 6.50. The molecule has 1 atom stereocenters. The molecule has 0 aliphatic heterocycles. The summed E-state index contributed by atoms with van der Waals surface area (Å²) in [4.78, 5) is 38.1. The smallest absolute Gasteiger partial charge is 0.306 e. The summed E-state index contributed by atoms with van der Waals surface area (Å²) in [5.41, 5.74) is 0. The predicted molar refractivity (Wildman–Crippen MR) is 284 cm³/mol. The second-order valence-electron chi connectivity index (χ2n) is 18.8. The lowest BCUT2D eigenvalue weighted by Crippen LogP contribution is -2.30. The molecule has 0 aromatic carbocycles. The van der Waals surface area contributed by atoms with Gasteiger partial charge in [-0.1, -0.05) is 274 Å². The molecule has 0 heterocycles. The molecule has 0 spiro atoms. The zero-order chi connectivity index (χ0) is 47.9. The molecule has 1 unspecified atom stereocenters. The highest BCUT2D eigenvalue weighted by molar-refractivity contribution is 5.71. The Morgan fingerprint density at radius 1 is 0.318 bits per heavy atom. The monoisotopic (exact) mass is 923 g/mol. The third kappa shape index (κ3) is 52.1. The van der Waals surface area contributed by atoms with Gasteiger partial charge in [-0.2, -0.15) is 0 Å². The van der Waals surface area contributed by atoms with Crippen LogP contribution in [0.1, 0.15) is 284 Å². The number of carbonyl (C=O) groups excluding carboxylic acids is 3. The third-order valence-electron chi connectivity index (χ3n) is 12.3. The van der Waals surface area contributed by atoms with Crippen LogP contribution in [-0.2, 0) is 28.6 Å². The molecular formula is C60H106O6. The molecule has 0 saturated heterocycles. The summed E-state index contributed by atoms with van der Waals surface area (Å²) >= 11 is 0. The van der Waals surface area contributed by atoms with Gasteiger partial charge in [-0.05, 0) is 51.4 Å². The Morgan fingerprint density at radius 3 is 0.924 bits per heavy atom. The summed E-state index contributed by atoms with van der Waals surface area (Å²) in [5.74, 6) is -0.966. The van der Waals surface area contributed by atoms with Gasteiger partial charge in [-0.15, -0.1) is 0 Å². The number of carbonyl (C=O) groups is 3. The summed E-state index contributed by atoms with van der Waals surface area (Å²) < 4.78 is 16.8. The molecular weight excluding hydrogens is 817 g/mol. The van der Waals surface area contributed by atoms with Gasteiger partial charge >= 0.3 is 17.9 Å². The molecule has 0 fully saturated rings. The van der Waals surface area contributed by atoms with Crippen LogP contribution >= 0.6 is 0 Å². The van der Waals surface area contributed by atoms with Crippen LogP contribution in [0.15, 0.2) is 60.8 Å². The number of esters is 3. The zero-order valence-electron chi connectivity index (χ0n) is 43.7. The highest BCUT2D eigenvalue weighted by Gasteiger charge is 2.19. The Hall–Kier alpha value is -2.89. The van der Waals surface area contributed by atoms with Crippen molar-refractivity contribution in [2.45, 2.75) is 290 Å². The van der Waals surface area contributed by atoms with Crippen molar-refractivity contribution in [3.8, 4) is 0 Å². The maximum Gasteiger partial charge on any atom is 0.306 e. The van der Waals surface area contributed by atoms with E-state index in [2.05, 4.69) is 75.5 Å². The van der Waals surface area contributed by atoms with E-state index in [-0.39, 0.29) is 37.5 Å². The fourth-order valence-electron chi connectivity index (χ4n) is 8.08. The third-order valence-corrected chi connectivity index (χ3v) is 12.3. The molecule has 0 aromatic rings. The average Bonchev–Trinajstić information content (AvgIpc) is 3.31. The van der Waals surface area contributed by atoms with Crippen LogP contribution in [-0.4, -0.2) is 37.2 Å². The van der Waals surface area contributed by atoms with Crippen LogP contribution in [0.3, 0.4) is 0 Å². The van der Waals surface area contributed by atoms with E-state index in [1.54, 1.807) is 0 Å². The maximum atomic E-state index is 12.8. The van der Waals surface area contributed by atoms with Crippen molar-refractivity contribution in [3.63, 3.8) is 0 Å². The van der Waals surface area contributed by atoms with Crippen molar-refractivity contribution in [2.24, 2.45) is 0 Å². The molecule has 0 rings (SSSR count). The van der Waals surface area contributed by atoms with Gasteiger partial charge in [-0.3, -0.25) is 14.4 Å². The molecule has 382 valence electrons. The molecule has 0 saturated carbocycles. The lowest BCUT2D eigenvalue weighted by atomic mass is 10.0. The second-order valence-corrected chi connectivity index (χ2v) is 18.8. The Morgan fingerprint density at radius 2 is 0.591 bits per heavy atom. The highest BCUT2D eigenvalue weighted by Crippen LogP contribution is 2.16. The maximum absolute atomic E-state index is 12.8. The van der Waals surface area contributed by atoms with Crippen LogP contribution in [0.2, 0.25) is 0 Å². The average molecular weight is 924 g/mol. The molecule has 0 aromatic heterocycles. The van der Waals surface area contributed by atoms with Gasteiger partial charge in [0.05, 0.1) is 0 Å². The molecule has 0 N–H and O–H groups in total. The molecule has 6 nitrogen and oxygen atoms in total. The minimum absolute atomic E-state index is 0.0928. The van der Waals surface area contributed by atoms with Crippen LogP contribution < -0.4 is 0 Å². The minimum atomic E-state index is -0.800. The van der Waals surface area contributed by atoms with Gasteiger partial charge in [-0.25, -0.2) is 0 Å². The summed E-state index contributed by atoms with van der Waals surface area (Å²) in [6.07, 6.45) is 67.9. The van der Waals surface area contributed by atoms with Gasteiger partial charge in [0.25, 0.3) is 0 Å². The lowest BCUT2D eigenvalue weighted by Gasteiger charge is -2.18. The van der Waals surface area contributed by atoms with E-state index in [9.17, 15) is 14.4 Å². The van der Waals surface area contributed by atoms with E-state index in [4.69, 9.17) is 14.2 Å². The van der Waals surface area contributed by atoms with E-state index in [0.29, 0.717) is 19.3 Å². The first kappa shape index (κ1) is 63.1. The number of ether oxygens (including phenoxy) is 3. The molecule has 0 amide bonds. The molecule has 0 aliphatic rings. The van der Waals surface area contributed by atoms with E-state index >= 15 is 0 Å². The van der Waals surface area contributed by atoms with Gasteiger partial charge in [0.15, 0.2) is 6.10 Å². The fourth-order valence-corrected chi connectivity index (χ4v) is 8.08. The Kier molecular flexibility index (Phi) is 52.3. The lowest BCUT2D eigenvalue weighted by molar-refractivity contribution is -0.166. The van der Waals surface area contributed by atoms with Gasteiger partial charge in [0.2, 0.25) is 0 Å². The number of hydrogen-bond acceptors (Lipinski definition) is 6. The van der Waals surface area contributed by atoms with Gasteiger partial charge in [0, 0.05) is 19.3 Å². The predicted octanol–water partition coefficient (Wildman–Crippen LogP) is 18.8. The zero-order valence-corrected chi connectivity index (χ0v) is 43.7. The fraction of sp³-hybridized carbons (Fsp3) is 0.783. The van der Waals surface area contributed by atoms with Crippen molar-refractivity contribution in [3.05, 3.63) is 60.8 Å². The number of allylic oxidation sites excluding steroid dienone is 10.